The van der Waals surface area contributed by atoms with Crippen molar-refractivity contribution in [1.29, 1.82) is 0 Å². The van der Waals surface area contributed by atoms with E-state index >= 15 is 0 Å². The minimum atomic E-state index is 0.536. The molecule has 0 spiro atoms. The first-order valence-electron chi connectivity index (χ1n) is 7.12. The van der Waals surface area contributed by atoms with Crippen LogP contribution in [0.4, 0.5) is 0 Å². The predicted molar refractivity (Wildman–Crippen MR) is 75.8 cm³/mol. The van der Waals surface area contributed by atoms with E-state index in [1.54, 1.807) is 0 Å². The van der Waals surface area contributed by atoms with Crippen LogP contribution in [0.1, 0.15) is 79.1 Å². The zero-order chi connectivity index (χ0) is 12.4. The van der Waals surface area contributed by atoms with E-state index in [1.165, 1.54) is 51.4 Å². The summed E-state index contributed by atoms with van der Waals surface area (Å²) < 4.78 is 0. The lowest BCUT2D eigenvalue weighted by atomic mass is 9.78. The van der Waals surface area contributed by atoms with Gasteiger partial charge in [0.1, 0.15) is 0 Å². The minimum Gasteiger partial charge on any atom is -0.103 e. The number of unbranched alkanes of at least 4 members (excludes halogenated alkanes) is 3. The zero-order valence-electron chi connectivity index (χ0n) is 12.0. The molecule has 0 saturated carbocycles. The van der Waals surface area contributed by atoms with Gasteiger partial charge in [0, 0.05) is 0 Å². The second-order valence-corrected chi connectivity index (χ2v) is 6.15. The van der Waals surface area contributed by atoms with Crippen LogP contribution in [0.2, 0.25) is 0 Å². The number of hydrogen-bond donors (Lipinski definition) is 0. The van der Waals surface area contributed by atoms with Crippen molar-refractivity contribution in [3.05, 3.63) is 12.7 Å². The summed E-state index contributed by atoms with van der Waals surface area (Å²) in [6, 6.07) is 0. The Balaban J connectivity index is 3.70. The molecule has 0 aliphatic carbocycles. The summed E-state index contributed by atoms with van der Waals surface area (Å²) in [6.07, 6.45) is 12.9. The molecule has 0 aliphatic rings. The normalized spacial score (nSPS) is 13.8. The molecule has 0 saturated heterocycles. The van der Waals surface area contributed by atoms with Crippen LogP contribution in [-0.4, -0.2) is 0 Å². The third-order valence-electron chi connectivity index (χ3n) is 3.47. The lowest BCUT2D eigenvalue weighted by Crippen LogP contribution is -2.15. The molecular formula is C16H32. The molecule has 0 aliphatic heterocycles. The third kappa shape index (κ3) is 9.00. The SMILES string of the molecule is C=CCCC(C)CC(C)(C)CCCCCC. The molecule has 0 amide bonds. The first-order valence-corrected chi connectivity index (χ1v) is 7.12. The van der Waals surface area contributed by atoms with Gasteiger partial charge in [0.15, 0.2) is 0 Å². The van der Waals surface area contributed by atoms with Gasteiger partial charge in [0.2, 0.25) is 0 Å². The second kappa shape index (κ2) is 8.84. The van der Waals surface area contributed by atoms with Crippen molar-refractivity contribution in [2.75, 3.05) is 0 Å². The molecule has 1 unspecified atom stereocenters. The fraction of sp³-hybridized carbons (Fsp3) is 0.875. The van der Waals surface area contributed by atoms with E-state index in [-0.39, 0.29) is 0 Å². The van der Waals surface area contributed by atoms with Crippen molar-refractivity contribution in [3.8, 4) is 0 Å². The summed E-state index contributed by atoms with van der Waals surface area (Å²) in [6.45, 7) is 13.3. The average molecular weight is 224 g/mol. The van der Waals surface area contributed by atoms with Crippen molar-refractivity contribution >= 4 is 0 Å². The third-order valence-corrected chi connectivity index (χ3v) is 3.47. The molecule has 0 fully saturated rings. The summed E-state index contributed by atoms with van der Waals surface area (Å²) in [5.74, 6) is 0.846. The fourth-order valence-corrected chi connectivity index (χ4v) is 2.58. The highest BCUT2D eigenvalue weighted by atomic mass is 14.3. The van der Waals surface area contributed by atoms with Gasteiger partial charge in [-0.05, 0) is 37.0 Å². The van der Waals surface area contributed by atoms with Crippen LogP contribution in [-0.2, 0) is 0 Å². The lowest BCUT2D eigenvalue weighted by Gasteiger charge is -2.28. The van der Waals surface area contributed by atoms with Crippen molar-refractivity contribution in [1.82, 2.24) is 0 Å². The van der Waals surface area contributed by atoms with Crippen LogP contribution in [0.3, 0.4) is 0 Å². The van der Waals surface area contributed by atoms with Gasteiger partial charge < -0.3 is 0 Å². The molecule has 0 aromatic rings. The summed E-state index contributed by atoms with van der Waals surface area (Å²) >= 11 is 0. The molecule has 0 aromatic heterocycles. The molecule has 16 heavy (non-hydrogen) atoms. The van der Waals surface area contributed by atoms with Crippen LogP contribution in [0.25, 0.3) is 0 Å². The highest BCUT2D eigenvalue weighted by Gasteiger charge is 2.20. The summed E-state index contributed by atoms with van der Waals surface area (Å²) in [5, 5.41) is 0. The Morgan fingerprint density at radius 2 is 1.88 bits per heavy atom. The largest absolute Gasteiger partial charge is 0.103 e. The predicted octanol–water partition coefficient (Wildman–Crippen LogP) is 5.98. The van der Waals surface area contributed by atoms with Crippen LogP contribution in [0.15, 0.2) is 12.7 Å². The van der Waals surface area contributed by atoms with Crippen LogP contribution < -0.4 is 0 Å². The van der Waals surface area contributed by atoms with Gasteiger partial charge in [0.05, 0.1) is 0 Å². The van der Waals surface area contributed by atoms with Gasteiger partial charge in [-0.3, -0.25) is 0 Å². The zero-order valence-corrected chi connectivity index (χ0v) is 12.0. The first-order chi connectivity index (χ1) is 7.52. The van der Waals surface area contributed by atoms with Crippen molar-refractivity contribution < 1.29 is 0 Å². The maximum Gasteiger partial charge on any atom is -0.0351 e. The number of allylic oxidation sites excluding steroid dienone is 1. The number of rotatable bonds is 10. The van der Waals surface area contributed by atoms with E-state index in [0.29, 0.717) is 5.41 Å². The minimum absolute atomic E-state index is 0.536. The quantitative estimate of drug-likeness (QED) is 0.316. The molecule has 0 bridgehead atoms. The summed E-state index contributed by atoms with van der Waals surface area (Å²) in [4.78, 5) is 0. The molecule has 1 atom stereocenters. The van der Waals surface area contributed by atoms with Gasteiger partial charge in [0.25, 0.3) is 0 Å². The van der Waals surface area contributed by atoms with E-state index in [4.69, 9.17) is 0 Å². The molecule has 0 radical (unpaired) electrons. The molecule has 0 rings (SSSR count). The van der Waals surface area contributed by atoms with Gasteiger partial charge in [-0.15, -0.1) is 6.58 Å². The summed E-state index contributed by atoms with van der Waals surface area (Å²) in [5.41, 5.74) is 0.536. The van der Waals surface area contributed by atoms with Crippen LogP contribution >= 0.6 is 0 Å². The van der Waals surface area contributed by atoms with Gasteiger partial charge in [-0.2, -0.15) is 0 Å². The van der Waals surface area contributed by atoms with Gasteiger partial charge in [-0.25, -0.2) is 0 Å². The molecular weight excluding hydrogens is 192 g/mol. The second-order valence-electron chi connectivity index (χ2n) is 6.15. The molecule has 0 N–H and O–H groups in total. The fourth-order valence-electron chi connectivity index (χ4n) is 2.58. The maximum absolute atomic E-state index is 3.80. The molecule has 0 heterocycles. The molecule has 96 valence electrons. The van der Waals surface area contributed by atoms with Crippen LogP contribution in [0, 0.1) is 11.3 Å². The Morgan fingerprint density at radius 1 is 1.19 bits per heavy atom. The maximum atomic E-state index is 3.80. The summed E-state index contributed by atoms with van der Waals surface area (Å²) in [7, 11) is 0. The number of hydrogen-bond acceptors (Lipinski definition) is 0. The van der Waals surface area contributed by atoms with Gasteiger partial charge in [-0.1, -0.05) is 59.5 Å². The highest BCUT2D eigenvalue weighted by Crippen LogP contribution is 2.33. The molecule has 0 nitrogen and oxygen atoms in total. The Labute approximate surface area is 104 Å². The smallest absolute Gasteiger partial charge is 0.0351 e. The molecule has 0 heteroatoms. The topological polar surface area (TPSA) is 0 Å². The monoisotopic (exact) mass is 224 g/mol. The van der Waals surface area contributed by atoms with E-state index in [2.05, 4.69) is 34.3 Å². The van der Waals surface area contributed by atoms with E-state index in [1.807, 2.05) is 6.08 Å². The van der Waals surface area contributed by atoms with E-state index in [9.17, 15) is 0 Å². The van der Waals surface area contributed by atoms with Gasteiger partial charge >= 0.3 is 0 Å². The lowest BCUT2D eigenvalue weighted by molar-refractivity contribution is 0.242. The highest BCUT2D eigenvalue weighted by molar-refractivity contribution is 4.74. The Hall–Kier alpha value is -0.260. The van der Waals surface area contributed by atoms with Crippen molar-refractivity contribution in [2.24, 2.45) is 11.3 Å². The Kier molecular flexibility index (Phi) is 8.70. The molecule has 0 aromatic carbocycles. The standard InChI is InChI=1S/C16H32/c1-6-8-10-11-13-16(4,5)14-15(3)12-9-7-2/h7,15H,2,6,8-14H2,1,3-5H3. The van der Waals surface area contributed by atoms with Crippen LogP contribution in [0.5, 0.6) is 0 Å². The van der Waals surface area contributed by atoms with Crippen molar-refractivity contribution in [2.45, 2.75) is 79.1 Å². The Bertz CT molecular complexity index is 167. The Morgan fingerprint density at radius 3 is 2.44 bits per heavy atom. The van der Waals surface area contributed by atoms with Crippen molar-refractivity contribution in [3.63, 3.8) is 0 Å². The van der Waals surface area contributed by atoms with E-state index in [0.717, 1.165) is 5.92 Å². The first kappa shape index (κ1) is 15.7. The van der Waals surface area contributed by atoms with E-state index < -0.39 is 0 Å². The average Bonchev–Trinajstić information content (AvgIpc) is 2.21.